The minimum atomic E-state index is -0.735. The number of rotatable bonds is 13. The number of amides is 1. The molecule has 0 unspecified atom stereocenters. The summed E-state index contributed by atoms with van der Waals surface area (Å²) in [4.78, 5) is 13.6. The zero-order valence-corrected chi connectivity index (χ0v) is 23.2. The van der Waals surface area contributed by atoms with Crippen LogP contribution in [0.3, 0.4) is 0 Å². The fourth-order valence-electron chi connectivity index (χ4n) is 3.99. The summed E-state index contributed by atoms with van der Waals surface area (Å²) in [5.41, 5.74) is 9.68. The van der Waals surface area contributed by atoms with E-state index in [1.165, 1.54) is 0 Å². The van der Waals surface area contributed by atoms with Gasteiger partial charge in [-0.1, -0.05) is 67.6 Å². The third-order valence-corrected chi connectivity index (χ3v) is 6.04. The Labute approximate surface area is 241 Å². The topological polar surface area (TPSA) is 109 Å². The van der Waals surface area contributed by atoms with Crippen molar-refractivity contribution in [2.45, 2.75) is 32.5 Å². The molecular formula is C32H35ClN4O3. The van der Waals surface area contributed by atoms with Gasteiger partial charge < -0.3 is 25.8 Å². The molecule has 8 heteroatoms. The number of nitrogen functional groups attached to an aromatic ring is 1. The van der Waals surface area contributed by atoms with Gasteiger partial charge in [-0.25, -0.2) is 0 Å². The van der Waals surface area contributed by atoms with Gasteiger partial charge in [0.2, 0.25) is 5.91 Å². The maximum atomic E-state index is 13.6. The number of carbonyl (C=O) groups excluding carboxylic acids is 1. The van der Waals surface area contributed by atoms with Crippen molar-refractivity contribution >= 4 is 29.8 Å². The Kier molecular flexibility index (Phi) is 11.4. The Morgan fingerprint density at radius 3 is 2.05 bits per heavy atom. The molecule has 208 valence electrons. The van der Waals surface area contributed by atoms with E-state index in [-0.39, 0.29) is 24.1 Å². The highest BCUT2D eigenvalue weighted by atomic mass is 35.5. The highest BCUT2D eigenvalue weighted by Gasteiger charge is 2.23. The van der Waals surface area contributed by atoms with Gasteiger partial charge >= 0.3 is 0 Å². The van der Waals surface area contributed by atoms with Crippen molar-refractivity contribution in [3.8, 4) is 11.5 Å². The summed E-state index contributed by atoms with van der Waals surface area (Å²) in [6, 6.07) is 31.6. The smallest absolute Gasteiger partial charge is 0.247 e. The van der Waals surface area contributed by atoms with Crippen LogP contribution < -0.4 is 25.8 Å². The standard InChI is InChI=1S/C32H34N4O3.ClH/c1-2-17-38-28-18-26(19-29(20-28)39-22-24-11-7-4-8-12-24)30(32(37)35-21-23-9-5-3-6-10-23)36-27-15-13-25(14-16-27)31(33)34;/h3-16,18-20,30,36H,2,17,21-22H2,1H3,(H3,33,34)(H,35,37);1H/t30-;/m0./s1. The molecule has 0 aliphatic carbocycles. The van der Waals surface area contributed by atoms with Crippen LogP contribution in [0.2, 0.25) is 0 Å². The van der Waals surface area contributed by atoms with E-state index in [9.17, 15) is 4.79 Å². The van der Waals surface area contributed by atoms with Crippen LogP contribution in [-0.2, 0) is 17.9 Å². The van der Waals surface area contributed by atoms with E-state index >= 15 is 0 Å². The Balaban J connectivity index is 0.00000441. The van der Waals surface area contributed by atoms with Crippen molar-refractivity contribution in [3.05, 3.63) is 125 Å². The predicted octanol–water partition coefficient (Wildman–Crippen LogP) is 6.23. The Morgan fingerprint density at radius 2 is 1.45 bits per heavy atom. The molecular weight excluding hydrogens is 524 g/mol. The molecule has 7 nitrogen and oxygen atoms in total. The molecule has 5 N–H and O–H groups in total. The van der Waals surface area contributed by atoms with Crippen molar-refractivity contribution in [3.63, 3.8) is 0 Å². The minimum Gasteiger partial charge on any atom is -0.493 e. The van der Waals surface area contributed by atoms with Gasteiger partial charge in [0.05, 0.1) is 6.61 Å². The summed E-state index contributed by atoms with van der Waals surface area (Å²) in [5.74, 6) is 1.03. The number of carbonyl (C=O) groups is 1. The predicted molar refractivity (Wildman–Crippen MR) is 162 cm³/mol. The summed E-state index contributed by atoms with van der Waals surface area (Å²) in [6.07, 6.45) is 0.853. The summed E-state index contributed by atoms with van der Waals surface area (Å²) >= 11 is 0. The van der Waals surface area contributed by atoms with Crippen molar-refractivity contribution in [2.75, 3.05) is 11.9 Å². The largest absolute Gasteiger partial charge is 0.493 e. The van der Waals surface area contributed by atoms with Gasteiger partial charge in [-0.05, 0) is 59.5 Å². The minimum absolute atomic E-state index is 0. The fourth-order valence-corrected chi connectivity index (χ4v) is 3.99. The van der Waals surface area contributed by atoms with E-state index in [1.54, 1.807) is 24.3 Å². The van der Waals surface area contributed by atoms with Crippen molar-refractivity contribution in [1.29, 1.82) is 5.41 Å². The quantitative estimate of drug-likeness (QED) is 0.115. The molecule has 4 aromatic carbocycles. The molecule has 4 rings (SSSR count). The van der Waals surface area contributed by atoms with E-state index in [4.69, 9.17) is 20.6 Å². The number of nitrogens with two attached hydrogens (primary N) is 1. The molecule has 0 aliphatic rings. The lowest BCUT2D eigenvalue weighted by molar-refractivity contribution is -0.122. The van der Waals surface area contributed by atoms with Gasteiger partial charge in [-0.2, -0.15) is 0 Å². The highest BCUT2D eigenvalue weighted by molar-refractivity contribution is 5.95. The number of anilines is 1. The Morgan fingerprint density at radius 1 is 0.850 bits per heavy atom. The van der Waals surface area contributed by atoms with Gasteiger partial charge in [-0.3, -0.25) is 10.2 Å². The van der Waals surface area contributed by atoms with Crippen LogP contribution in [0.25, 0.3) is 0 Å². The van der Waals surface area contributed by atoms with Gasteiger partial charge in [-0.15, -0.1) is 12.4 Å². The maximum Gasteiger partial charge on any atom is 0.247 e. The Bertz CT molecular complexity index is 1370. The number of halogens is 1. The molecule has 0 radical (unpaired) electrons. The average Bonchev–Trinajstić information content (AvgIpc) is 2.97. The van der Waals surface area contributed by atoms with Gasteiger partial charge in [0.15, 0.2) is 0 Å². The number of hydrogen-bond acceptors (Lipinski definition) is 5. The second-order valence-electron chi connectivity index (χ2n) is 9.13. The van der Waals surface area contributed by atoms with Gasteiger partial charge in [0, 0.05) is 23.9 Å². The number of hydrogen-bond donors (Lipinski definition) is 4. The summed E-state index contributed by atoms with van der Waals surface area (Å²) in [6.45, 7) is 3.38. The zero-order chi connectivity index (χ0) is 27.5. The SMILES string of the molecule is CCCOc1cc(OCc2ccccc2)cc([C@H](Nc2ccc(C(=N)N)cc2)C(=O)NCc2ccccc2)c1.Cl. The molecule has 0 spiro atoms. The Hall–Kier alpha value is -4.49. The van der Waals surface area contributed by atoms with Crippen LogP contribution in [-0.4, -0.2) is 18.3 Å². The van der Waals surface area contributed by atoms with Crippen LogP contribution in [0, 0.1) is 5.41 Å². The average molecular weight is 559 g/mol. The number of nitrogens with one attached hydrogen (secondary N) is 3. The first-order chi connectivity index (χ1) is 19.0. The first kappa shape index (κ1) is 30.1. The summed E-state index contributed by atoms with van der Waals surface area (Å²) in [5, 5.41) is 14.1. The molecule has 1 atom stereocenters. The van der Waals surface area contributed by atoms with Crippen LogP contribution in [0.4, 0.5) is 5.69 Å². The van der Waals surface area contributed by atoms with E-state index in [0.717, 1.165) is 17.5 Å². The lowest BCUT2D eigenvalue weighted by atomic mass is 10.0. The molecule has 0 fully saturated rings. The lowest BCUT2D eigenvalue weighted by Gasteiger charge is -2.22. The molecule has 0 bridgehead atoms. The first-order valence-corrected chi connectivity index (χ1v) is 13.0. The molecule has 1 amide bonds. The summed E-state index contributed by atoms with van der Waals surface area (Å²) < 4.78 is 12.1. The third-order valence-electron chi connectivity index (χ3n) is 6.04. The monoisotopic (exact) mass is 558 g/mol. The highest BCUT2D eigenvalue weighted by Crippen LogP contribution is 2.30. The van der Waals surface area contributed by atoms with E-state index in [1.807, 2.05) is 85.8 Å². The number of amidine groups is 1. The normalized spacial score (nSPS) is 11.0. The van der Waals surface area contributed by atoms with E-state index in [0.29, 0.717) is 48.1 Å². The second-order valence-corrected chi connectivity index (χ2v) is 9.13. The van der Waals surface area contributed by atoms with Crippen LogP contribution in [0.5, 0.6) is 11.5 Å². The van der Waals surface area contributed by atoms with E-state index < -0.39 is 6.04 Å². The first-order valence-electron chi connectivity index (χ1n) is 13.0. The van der Waals surface area contributed by atoms with Crippen LogP contribution in [0.15, 0.2) is 103 Å². The number of ether oxygens (including phenoxy) is 2. The fraction of sp³-hybridized carbons (Fsp3) is 0.188. The number of benzene rings is 4. The zero-order valence-electron chi connectivity index (χ0n) is 22.4. The second kappa shape index (κ2) is 15.2. The van der Waals surface area contributed by atoms with Crippen molar-refractivity contribution in [2.24, 2.45) is 5.73 Å². The van der Waals surface area contributed by atoms with Gasteiger partial charge in [0.1, 0.15) is 30.0 Å². The molecule has 0 saturated carbocycles. The van der Waals surface area contributed by atoms with Crippen molar-refractivity contribution < 1.29 is 14.3 Å². The summed E-state index contributed by atoms with van der Waals surface area (Å²) in [7, 11) is 0. The van der Waals surface area contributed by atoms with Crippen LogP contribution in [0.1, 0.15) is 41.6 Å². The van der Waals surface area contributed by atoms with Crippen molar-refractivity contribution in [1.82, 2.24) is 5.32 Å². The molecule has 0 aromatic heterocycles. The molecule has 0 aliphatic heterocycles. The molecule has 0 saturated heterocycles. The van der Waals surface area contributed by atoms with Gasteiger partial charge in [0.25, 0.3) is 0 Å². The molecule has 40 heavy (non-hydrogen) atoms. The van der Waals surface area contributed by atoms with Crippen LogP contribution >= 0.6 is 12.4 Å². The van der Waals surface area contributed by atoms with E-state index in [2.05, 4.69) is 10.6 Å². The molecule has 0 heterocycles. The lowest BCUT2D eigenvalue weighted by Crippen LogP contribution is -2.33. The molecule has 4 aromatic rings. The third kappa shape index (κ3) is 8.78. The maximum absolute atomic E-state index is 13.6.